The molecule has 6 heteroatoms. The van der Waals surface area contributed by atoms with Crippen molar-refractivity contribution in [1.29, 1.82) is 0 Å². The van der Waals surface area contributed by atoms with Gasteiger partial charge in [0.15, 0.2) is 0 Å². The number of carbonyl (C=O) groups is 1. The molecule has 0 radical (unpaired) electrons. The van der Waals surface area contributed by atoms with Gasteiger partial charge in [0.25, 0.3) is 0 Å². The van der Waals surface area contributed by atoms with E-state index in [9.17, 15) is 9.59 Å². The molecular weight excluding hydrogens is 318 g/mol. The van der Waals surface area contributed by atoms with Crippen molar-refractivity contribution in [3.05, 3.63) is 44.8 Å². The summed E-state index contributed by atoms with van der Waals surface area (Å²) < 4.78 is 10.4. The number of aryl methyl sites for hydroxylation is 1. The number of hydrogen-bond acceptors (Lipinski definition) is 4. The minimum absolute atomic E-state index is 0.283. The summed E-state index contributed by atoms with van der Waals surface area (Å²) in [6.45, 7) is 7.49. The van der Waals surface area contributed by atoms with E-state index in [1.54, 1.807) is 39.0 Å². The molecule has 124 valence electrons. The van der Waals surface area contributed by atoms with Crippen LogP contribution in [0.3, 0.4) is 0 Å². The zero-order valence-electron chi connectivity index (χ0n) is 13.7. The SMILES string of the molecule is Cc1cc2oc(=O)c(CCNC(=O)OC(C)(C)C)cc2cc1Cl. The first kappa shape index (κ1) is 17.3. The largest absolute Gasteiger partial charge is 0.444 e. The average Bonchev–Trinajstić information content (AvgIpc) is 2.39. The molecular formula is C17H20ClNO4. The molecule has 1 N–H and O–H groups in total. The first-order valence-electron chi connectivity index (χ1n) is 7.35. The van der Waals surface area contributed by atoms with Crippen LogP contribution in [0.15, 0.2) is 27.4 Å². The van der Waals surface area contributed by atoms with Crippen molar-refractivity contribution in [2.75, 3.05) is 6.54 Å². The third-order valence-corrected chi connectivity index (χ3v) is 3.56. The Bertz CT molecular complexity index is 790. The van der Waals surface area contributed by atoms with Gasteiger partial charge in [-0.3, -0.25) is 0 Å². The molecule has 2 rings (SSSR count). The maximum Gasteiger partial charge on any atom is 0.407 e. The molecule has 0 aliphatic rings. The van der Waals surface area contributed by atoms with E-state index in [2.05, 4.69) is 5.32 Å². The van der Waals surface area contributed by atoms with Gasteiger partial charge in [0.1, 0.15) is 11.2 Å². The molecule has 0 aliphatic carbocycles. The second-order valence-corrected chi connectivity index (χ2v) is 6.78. The summed E-state index contributed by atoms with van der Waals surface area (Å²) in [4.78, 5) is 23.6. The molecule has 0 spiro atoms. The highest BCUT2D eigenvalue weighted by Crippen LogP contribution is 2.23. The third kappa shape index (κ3) is 4.73. The Balaban J connectivity index is 2.09. The molecule has 2 aromatic rings. The van der Waals surface area contributed by atoms with Crippen LogP contribution < -0.4 is 10.9 Å². The summed E-state index contributed by atoms with van der Waals surface area (Å²) in [5, 5.41) is 3.99. The Morgan fingerprint density at radius 3 is 2.65 bits per heavy atom. The lowest BCUT2D eigenvalue weighted by molar-refractivity contribution is 0.0528. The first-order valence-corrected chi connectivity index (χ1v) is 7.73. The minimum atomic E-state index is -0.555. The van der Waals surface area contributed by atoms with Crippen LogP contribution in [-0.4, -0.2) is 18.2 Å². The fraction of sp³-hybridized carbons (Fsp3) is 0.412. The van der Waals surface area contributed by atoms with E-state index < -0.39 is 17.3 Å². The van der Waals surface area contributed by atoms with E-state index in [-0.39, 0.29) is 6.54 Å². The van der Waals surface area contributed by atoms with Crippen molar-refractivity contribution < 1.29 is 13.9 Å². The molecule has 1 heterocycles. The van der Waals surface area contributed by atoms with Gasteiger partial charge < -0.3 is 14.5 Å². The Morgan fingerprint density at radius 2 is 2.00 bits per heavy atom. The standard InChI is InChI=1S/C17H20ClNO4/c1-10-7-14-12(9-13(10)18)8-11(15(20)22-14)5-6-19-16(21)23-17(2,3)4/h7-9H,5-6H2,1-4H3,(H,19,21). The van der Waals surface area contributed by atoms with E-state index in [0.29, 0.717) is 22.6 Å². The zero-order valence-corrected chi connectivity index (χ0v) is 14.4. The molecule has 0 saturated carbocycles. The van der Waals surface area contributed by atoms with Crippen molar-refractivity contribution in [3.8, 4) is 0 Å². The van der Waals surface area contributed by atoms with Crippen LogP contribution >= 0.6 is 11.6 Å². The molecule has 0 bridgehead atoms. The van der Waals surface area contributed by atoms with E-state index >= 15 is 0 Å². The average molecular weight is 338 g/mol. The quantitative estimate of drug-likeness (QED) is 0.864. The highest BCUT2D eigenvalue weighted by molar-refractivity contribution is 6.32. The molecule has 0 fully saturated rings. The predicted molar refractivity (Wildman–Crippen MR) is 90.2 cm³/mol. The number of hydrogen-bond donors (Lipinski definition) is 1. The number of ether oxygens (including phenoxy) is 1. The highest BCUT2D eigenvalue weighted by Gasteiger charge is 2.16. The smallest absolute Gasteiger partial charge is 0.407 e. The van der Waals surface area contributed by atoms with Gasteiger partial charge >= 0.3 is 11.7 Å². The van der Waals surface area contributed by atoms with Crippen molar-refractivity contribution in [3.63, 3.8) is 0 Å². The van der Waals surface area contributed by atoms with E-state index in [0.717, 1.165) is 10.9 Å². The molecule has 0 atom stereocenters. The lowest BCUT2D eigenvalue weighted by atomic mass is 10.1. The van der Waals surface area contributed by atoms with Crippen molar-refractivity contribution in [2.45, 2.75) is 39.7 Å². The van der Waals surface area contributed by atoms with Crippen molar-refractivity contribution in [2.24, 2.45) is 0 Å². The fourth-order valence-corrected chi connectivity index (χ4v) is 2.24. The van der Waals surface area contributed by atoms with Crippen LogP contribution in [0.5, 0.6) is 0 Å². The maximum atomic E-state index is 12.0. The van der Waals surface area contributed by atoms with Gasteiger partial charge in [0, 0.05) is 22.5 Å². The maximum absolute atomic E-state index is 12.0. The van der Waals surface area contributed by atoms with Gasteiger partial charge in [0.05, 0.1) is 0 Å². The van der Waals surface area contributed by atoms with E-state index in [1.807, 2.05) is 6.92 Å². The van der Waals surface area contributed by atoms with Crippen LogP contribution in [0.25, 0.3) is 11.0 Å². The molecule has 0 saturated heterocycles. The topological polar surface area (TPSA) is 68.5 Å². The normalized spacial score (nSPS) is 11.5. The van der Waals surface area contributed by atoms with Crippen LogP contribution in [0.1, 0.15) is 31.9 Å². The highest BCUT2D eigenvalue weighted by atomic mass is 35.5. The minimum Gasteiger partial charge on any atom is -0.444 e. The first-order chi connectivity index (χ1) is 10.7. The molecule has 23 heavy (non-hydrogen) atoms. The Labute approximate surface area is 139 Å². The van der Waals surface area contributed by atoms with E-state index in [1.165, 1.54) is 0 Å². The lowest BCUT2D eigenvalue weighted by Gasteiger charge is -2.19. The molecule has 5 nitrogen and oxygen atoms in total. The summed E-state index contributed by atoms with van der Waals surface area (Å²) in [6, 6.07) is 5.24. The van der Waals surface area contributed by atoms with E-state index in [4.69, 9.17) is 20.8 Å². The predicted octanol–water partition coefficient (Wildman–Crippen LogP) is 3.82. The molecule has 1 amide bonds. The van der Waals surface area contributed by atoms with Crippen LogP contribution in [0.2, 0.25) is 5.02 Å². The number of alkyl carbamates (subject to hydrolysis) is 1. The van der Waals surface area contributed by atoms with Gasteiger partial charge in [-0.05, 0) is 57.9 Å². The third-order valence-electron chi connectivity index (χ3n) is 3.15. The summed E-state index contributed by atoms with van der Waals surface area (Å²) in [5.74, 6) is 0. The molecule has 1 aromatic heterocycles. The fourth-order valence-electron chi connectivity index (χ4n) is 2.07. The lowest BCUT2D eigenvalue weighted by Crippen LogP contribution is -2.34. The van der Waals surface area contributed by atoms with Gasteiger partial charge in [-0.1, -0.05) is 11.6 Å². The van der Waals surface area contributed by atoms with Crippen LogP contribution in [0, 0.1) is 6.92 Å². The van der Waals surface area contributed by atoms with Gasteiger partial charge in [-0.2, -0.15) is 0 Å². The van der Waals surface area contributed by atoms with Gasteiger partial charge in [0.2, 0.25) is 0 Å². The molecule has 0 aliphatic heterocycles. The number of benzene rings is 1. The van der Waals surface area contributed by atoms with Crippen molar-refractivity contribution >= 4 is 28.7 Å². The number of fused-ring (bicyclic) bond motifs is 1. The molecule has 0 unspecified atom stereocenters. The summed E-state index contributed by atoms with van der Waals surface area (Å²) in [6.07, 6.45) is -0.162. The second kappa shape index (κ2) is 6.62. The number of nitrogens with one attached hydrogen (secondary N) is 1. The van der Waals surface area contributed by atoms with Crippen LogP contribution in [-0.2, 0) is 11.2 Å². The monoisotopic (exact) mass is 337 g/mol. The number of rotatable bonds is 3. The van der Waals surface area contributed by atoms with Crippen molar-refractivity contribution in [1.82, 2.24) is 5.32 Å². The zero-order chi connectivity index (χ0) is 17.2. The van der Waals surface area contributed by atoms with Gasteiger partial charge in [-0.25, -0.2) is 9.59 Å². The number of amides is 1. The Kier molecular flexibility index (Phi) is 5.00. The van der Waals surface area contributed by atoms with Gasteiger partial charge in [-0.15, -0.1) is 0 Å². The Hall–Kier alpha value is -2.01. The summed E-state index contributed by atoms with van der Waals surface area (Å²) in [5.41, 5.74) is 0.863. The summed E-state index contributed by atoms with van der Waals surface area (Å²) in [7, 11) is 0. The summed E-state index contributed by atoms with van der Waals surface area (Å²) >= 11 is 6.09. The number of carbonyl (C=O) groups excluding carboxylic acids is 1. The Morgan fingerprint density at radius 1 is 1.30 bits per heavy atom. The van der Waals surface area contributed by atoms with Crippen LogP contribution in [0.4, 0.5) is 4.79 Å². The number of halogens is 1. The molecule has 1 aromatic carbocycles. The second-order valence-electron chi connectivity index (χ2n) is 6.38.